The molecular weight excluding hydrogens is 245 g/mol. The van der Waals surface area contributed by atoms with Crippen molar-refractivity contribution in [3.05, 3.63) is 28.5 Å². The number of rotatable bonds is 3. The van der Waals surface area contributed by atoms with Gasteiger partial charge in [-0.1, -0.05) is 11.6 Å². The van der Waals surface area contributed by atoms with E-state index in [-0.39, 0.29) is 11.8 Å². The maximum atomic E-state index is 13.8. The second-order valence-electron chi connectivity index (χ2n) is 3.83. The van der Waals surface area contributed by atoms with Crippen molar-refractivity contribution in [2.24, 2.45) is 0 Å². The predicted molar refractivity (Wildman–Crippen MR) is 64.1 cm³/mol. The first-order valence-corrected chi connectivity index (χ1v) is 6.03. The molecule has 0 saturated carbocycles. The van der Waals surface area contributed by atoms with Crippen LogP contribution in [0, 0.1) is 5.82 Å². The SMILES string of the molecule is CCOc1c(F)cc([C@H]2COCCN2)cc1Cl. The second-order valence-corrected chi connectivity index (χ2v) is 4.24. The molecule has 5 heteroatoms. The van der Waals surface area contributed by atoms with E-state index >= 15 is 0 Å². The van der Waals surface area contributed by atoms with Crippen LogP contribution in [-0.4, -0.2) is 26.4 Å². The Morgan fingerprint density at radius 3 is 3.00 bits per heavy atom. The Balaban J connectivity index is 2.24. The highest BCUT2D eigenvalue weighted by atomic mass is 35.5. The molecule has 1 fully saturated rings. The fraction of sp³-hybridized carbons (Fsp3) is 0.500. The first-order chi connectivity index (χ1) is 8.22. The van der Waals surface area contributed by atoms with Crippen molar-refractivity contribution in [2.45, 2.75) is 13.0 Å². The molecule has 0 unspecified atom stereocenters. The molecule has 1 heterocycles. The summed E-state index contributed by atoms with van der Waals surface area (Å²) in [5.74, 6) is -0.309. The molecule has 1 aliphatic heterocycles. The van der Waals surface area contributed by atoms with Gasteiger partial charge in [-0.15, -0.1) is 0 Å². The van der Waals surface area contributed by atoms with E-state index in [4.69, 9.17) is 21.1 Å². The standard InChI is InChI=1S/C12H15ClFNO2/c1-2-17-12-9(13)5-8(6-10(12)14)11-7-16-4-3-15-11/h5-6,11,15H,2-4,7H2,1H3/t11-/m1/s1. The summed E-state index contributed by atoms with van der Waals surface area (Å²) in [4.78, 5) is 0. The number of hydrogen-bond acceptors (Lipinski definition) is 3. The molecule has 1 saturated heterocycles. The molecule has 17 heavy (non-hydrogen) atoms. The maximum absolute atomic E-state index is 13.8. The molecule has 0 bridgehead atoms. The van der Waals surface area contributed by atoms with Gasteiger partial charge in [-0.05, 0) is 24.6 Å². The Morgan fingerprint density at radius 1 is 1.59 bits per heavy atom. The Bertz CT molecular complexity index is 371. The van der Waals surface area contributed by atoms with Gasteiger partial charge in [0.2, 0.25) is 0 Å². The third kappa shape index (κ3) is 2.89. The summed E-state index contributed by atoms with van der Waals surface area (Å²) in [6.45, 7) is 4.16. The third-order valence-corrected chi connectivity index (χ3v) is 2.91. The van der Waals surface area contributed by atoms with E-state index in [9.17, 15) is 4.39 Å². The zero-order valence-electron chi connectivity index (χ0n) is 9.63. The lowest BCUT2D eigenvalue weighted by Crippen LogP contribution is -2.34. The van der Waals surface area contributed by atoms with Gasteiger partial charge in [-0.25, -0.2) is 4.39 Å². The lowest BCUT2D eigenvalue weighted by atomic mass is 10.1. The van der Waals surface area contributed by atoms with E-state index in [2.05, 4.69) is 5.32 Å². The number of nitrogens with one attached hydrogen (secondary N) is 1. The summed E-state index contributed by atoms with van der Waals surface area (Å²) >= 11 is 6.00. The highest BCUT2D eigenvalue weighted by Gasteiger charge is 2.19. The largest absolute Gasteiger partial charge is 0.489 e. The molecule has 3 nitrogen and oxygen atoms in total. The molecule has 1 aromatic rings. The van der Waals surface area contributed by atoms with Crippen molar-refractivity contribution in [1.29, 1.82) is 0 Å². The zero-order valence-corrected chi connectivity index (χ0v) is 10.4. The molecule has 1 aliphatic rings. The van der Waals surface area contributed by atoms with E-state index in [1.807, 2.05) is 0 Å². The average molecular weight is 260 g/mol. The van der Waals surface area contributed by atoms with Gasteiger partial charge in [0, 0.05) is 6.54 Å². The number of halogens is 2. The van der Waals surface area contributed by atoms with Gasteiger partial charge < -0.3 is 14.8 Å². The zero-order chi connectivity index (χ0) is 12.3. The van der Waals surface area contributed by atoms with E-state index in [0.717, 1.165) is 12.1 Å². The fourth-order valence-electron chi connectivity index (χ4n) is 1.84. The molecule has 2 rings (SSSR count). The molecular formula is C12H15ClFNO2. The molecule has 0 radical (unpaired) electrons. The third-order valence-electron chi connectivity index (χ3n) is 2.63. The first kappa shape index (κ1) is 12.6. The minimum atomic E-state index is -0.429. The molecule has 0 aliphatic carbocycles. The Labute approximate surface area is 105 Å². The van der Waals surface area contributed by atoms with Gasteiger partial charge in [0.1, 0.15) is 0 Å². The van der Waals surface area contributed by atoms with Gasteiger partial charge in [-0.2, -0.15) is 0 Å². The van der Waals surface area contributed by atoms with Crippen LogP contribution in [0.15, 0.2) is 12.1 Å². The molecule has 1 N–H and O–H groups in total. The van der Waals surface area contributed by atoms with Crippen LogP contribution in [-0.2, 0) is 4.74 Å². The van der Waals surface area contributed by atoms with Crippen molar-refractivity contribution in [2.75, 3.05) is 26.4 Å². The van der Waals surface area contributed by atoms with E-state index in [0.29, 0.717) is 24.8 Å². The Kier molecular flexibility index (Phi) is 4.20. The van der Waals surface area contributed by atoms with E-state index < -0.39 is 5.82 Å². The fourth-order valence-corrected chi connectivity index (χ4v) is 2.11. The monoisotopic (exact) mass is 259 g/mol. The Hall–Kier alpha value is -0.840. The first-order valence-electron chi connectivity index (χ1n) is 5.65. The van der Waals surface area contributed by atoms with Crippen LogP contribution >= 0.6 is 11.6 Å². The quantitative estimate of drug-likeness (QED) is 0.905. The van der Waals surface area contributed by atoms with Crippen molar-refractivity contribution >= 4 is 11.6 Å². The minimum Gasteiger partial charge on any atom is -0.489 e. The van der Waals surface area contributed by atoms with Crippen LogP contribution < -0.4 is 10.1 Å². The second kappa shape index (κ2) is 5.67. The number of hydrogen-bond donors (Lipinski definition) is 1. The van der Waals surface area contributed by atoms with E-state index in [1.165, 1.54) is 6.07 Å². The van der Waals surface area contributed by atoms with Crippen molar-refractivity contribution in [3.8, 4) is 5.75 Å². The van der Waals surface area contributed by atoms with Crippen molar-refractivity contribution in [1.82, 2.24) is 5.32 Å². The molecule has 1 atom stereocenters. The topological polar surface area (TPSA) is 30.5 Å². The van der Waals surface area contributed by atoms with Gasteiger partial charge in [0.05, 0.1) is 30.9 Å². The van der Waals surface area contributed by atoms with Crippen LogP contribution in [0.4, 0.5) is 4.39 Å². The smallest absolute Gasteiger partial charge is 0.173 e. The van der Waals surface area contributed by atoms with Crippen molar-refractivity contribution < 1.29 is 13.9 Å². The van der Waals surface area contributed by atoms with Crippen LogP contribution in [0.3, 0.4) is 0 Å². The van der Waals surface area contributed by atoms with Crippen molar-refractivity contribution in [3.63, 3.8) is 0 Å². The summed E-state index contributed by atoms with van der Waals surface area (Å²) in [5.41, 5.74) is 0.788. The maximum Gasteiger partial charge on any atom is 0.173 e. The van der Waals surface area contributed by atoms with Crippen LogP contribution in [0.2, 0.25) is 5.02 Å². The molecule has 0 aromatic heterocycles. The molecule has 0 amide bonds. The van der Waals surface area contributed by atoms with Gasteiger partial charge in [0.15, 0.2) is 11.6 Å². The average Bonchev–Trinajstić information content (AvgIpc) is 2.35. The summed E-state index contributed by atoms with van der Waals surface area (Å²) in [6, 6.07) is 3.16. The number of morpholine rings is 1. The van der Waals surface area contributed by atoms with E-state index in [1.54, 1.807) is 13.0 Å². The summed E-state index contributed by atoms with van der Waals surface area (Å²) in [6.07, 6.45) is 0. The summed E-state index contributed by atoms with van der Waals surface area (Å²) in [5, 5.41) is 3.55. The number of ether oxygens (including phenoxy) is 2. The summed E-state index contributed by atoms with van der Waals surface area (Å²) in [7, 11) is 0. The van der Waals surface area contributed by atoms with Crippen LogP contribution in [0.5, 0.6) is 5.75 Å². The molecule has 94 valence electrons. The Morgan fingerprint density at radius 2 is 2.41 bits per heavy atom. The van der Waals surface area contributed by atoms with Gasteiger partial charge in [0.25, 0.3) is 0 Å². The number of benzene rings is 1. The molecule has 0 spiro atoms. The molecule has 1 aromatic carbocycles. The lowest BCUT2D eigenvalue weighted by molar-refractivity contribution is 0.0767. The van der Waals surface area contributed by atoms with Gasteiger partial charge >= 0.3 is 0 Å². The lowest BCUT2D eigenvalue weighted by Gasteiger charge is -2.24. The summed E-state index contributed by atoms with van der Waals surface area (Å²) < 4.78 is 24.3. The van der Waals surface area contributed by atoms with Crippen LogP contribution in [0.25, 0.3) is 0 Å². The van der Waals surface area contributed by atoms with Gasteiger partial charge in [-0.3, -0.25) is 0 Å². The normalized spacial score (nSPS) is 20.3. The highest BCUT2D eigenvalue weighted by Crippen LogP contribution is 2.31. The minimum absolute atomic E-state index is 0.00794. The highest BCUT2D eigenvalue weighted by molar-refractivity contribution is 6.32. The predicted octanol–water partition coefficient (Wildman–Crippen LogP) is 2.54. The van der Waals surface area contributed by atoms with Crippen LogP contribution in [0.1, 0.15) is 18.5 Å².